The number of nitrogens with two attached hydrogens (primary N) is 3. The van der Waals surface area contributed by atoms with E-state index in [0.29, 0.717) is 0 Å². The molecule has 0 radical (unpaired) electrons. The Kier molecular flexibility index (Phi) is 68.7. The highest BCUT2D eigenvalue weighted by molar-refractivity contribution is 5.69. The maximum Gasteiger partial charge on any atom is 0.309 e. The average Bonchev–Trinajstić information content (AvgIpc) is 2.09. The van der Waals surface area contributed by atoms with E-state index in [1.165, 1.54) is 0 Å². The fourth-order valence-electron chi connectivity index (χ4n) is 0.118. The second-order valence-corrected chi connectivity index (χ2v) is 1.68. The number of rotatable bonds is 2. The minimum Gasteiger partial charge on any atom is -0.352 e. The topological polar surface area (TPSA) is 95.1 Å². The molecule has 0 rings (SSSR count). The SMILES string of the molecule is C=C.C=CC.C=CCCN.NC(N)=O. The van der Waals surface area contributed by atoms with Crippen LogP contribution in [0.4, 0.5) is 4.79 Å². The quantitative estimate of drug-likeness (QED) is 0.591. The molecule has 0 saturated carbocycles. The normalized spacial score (nSPS) is 5.57. The number of carbonyl (C=O) groups is 1. The monoisotopic (exact) mass is 201 g/mol. The van der Waals surface area contributed by atoms with Crippen LogP contribution in [0.5, 0.6) is 0 Å². The van der Waals surface area contributed by atoms with Gasteiger partial charge in [0.15, 0.2) is 0 Å². The molecule has 4 nitrogen and oxygen atoms in total. The Labute approximate surface area is 87.2 Å². The maximum atomic E-state index is 9.00. The summed E-state index contributed by atoms with van der Waals surface area (Å²) in [6.45, 7) is 15.4. The van der Waals surface area contributed by atoms with Crippen LogP contribution in [0.2, 0.25) is 0 Å². The fourth-order valence-corrected chi connectivity index (χ4v) is 0.118. The number of hydrogen-bond acceptors (Lipinski definition) is 2. The third kappa shape index (κ3) is 4610. The molecule has 0 aromatic heterocycles. The lowest BCUT2D eigenvalue weighted by atomic mass is 10.4. The van der Waals surface area contributed by atoms with E-state index in [9.17, 15) is 0 Å². The van der Waals surface area contributed by atoms with E-state index in [-0.39, 0.29) is 0 Å². The van der Waals surface area contributed by atoms with Crippen LogP contribution in [-0.4, -0.2) is 12.6 Å². The first kappa shape index (κ1) is 22.9. The van der Waals surface area contributed by atoms with Gasteiger partial charge in [-0.25, -0.2) is 4.79 Å². The zero-order valence-corrected chi connectivity index (χ0v) is 9.04. The molecule has 0 aromatic rings. The van der Waals surface area contributed by atoms with Crippen LogP contribution in [0.1, 0.15) is 13.3 Å². The predicted octanol–water partition coefficient (Wildman–Crippen LogP) is 1.54. The van der Waals surface area contributed by atoms with Crippen LogP contribution in [0.15, 0.2) is 38.5 Å². The van der Waals surface area contributed by atoms with E-state index < -0.39 is 6.03 Å². The van der Waals surface area contributed by atoms with Crippen molar-refractivity contribution in [2.75, 3.05) is 6.54 Å². The molecular weight excluding hydrogens is 178 g/mol. The third-order valence-electron chi connectivity index (χ3n) is 0.371. The van der Waals surface area contributed by atoms with Crippen molar-refractivity contribution in [2.45, 2.75) is 13.3 Å². The number of amides is 2. The van der Waals surface area contributed by atoms with Gasteiger partial charge in [0.1, 0.15) is 0 Å². The highest BCUT2D eigenvalue weighted by Gasteiger charge is 1.61. The van der Waals surface area contributed by atoms with Crippen molar-refractivity contribution in [1.82, 2.24) is 0 Å². The molecule has 0 fully saturated rings. The Bertz CT molecular complexity index is 121. The minimum atomic E-state index is -0.833. The summed E-state index contributed by atoms with van der Waals surface area (Å²) in [4.78, 5) is 9.00. The van der Waals surface area contributed by atoms with E-state index >= 15 is 0 Å². The van der Waals surface area contributed by atoms with Gasteiger partial charge in [-0.15, -0.1) is 26.3 Å². The molecule has 4 heteroatoms. The Hall–Kier alpha value is -1.55. The third-order valence-corrected chi connectivity index (χ3v) is 0.371. The van der Waals surface area contributed by atoms with Crippen molar-refractivity contribution >= 4 is 6.03 Å². The first-order valence-electron chi connectivity index (χ1n) is 3.99. The lowest BCUT2D eigenvalue weighted by Gasteiger charge is -1.74. The molecule has 0 saturated heterocycles. The lowest BCUT2D eigenvalue weighted by Crippen LogP contribution is -2.18. The highest BCUT2D eigenvalue weighted by Crippen LogP contribution is 1.66. The van der Waals surface area contributed by atoms with Gasteiger partial charge in [0, 0.05) is 0 Å². The average molecular weight is 201 g/mol. The van der Waals surface area contributed by atoms with Crippen molar-refractivity contribution in [1.29, 1.82) is 0 Å². The molecule has 0 bridgehead atoms. The van der Waals surface area contributed by atoms with E-state index in [2.05, 4.69) is 37.8 Å². The Morgan fingerprint density at radius 3 is 1.50 bits per heavy atom. The molecule has 0 unspecified atom stereocenters. The van der Waals surface area contributed by atoms with Crippen molar-refractivity contribution in [3.05, 3.63) is 38.5 Å². The van der Waals surface area contributed by atoms with Gasteiger partial charge in [0.2, 0.25) is 0 Å². The van der Waals surface area contributed by atoms with E-state index in [1.54, 1.807) is 12.2 Å². The molecule has 0 heterocycles. The summed E-state index contributed by atoms with van der Waals surface area (Å²) in [5.41, 5.74) is 13.6. The van der Waals surface area contributed by atoms with E-state index in [1.807, 2.05) is 6.92 Å². The van der Waals surface area contributed by atoms with Crippen LogP contribution in [-0.2, 0) is 0 Å². The van der Waals surface area contributed by atoms with E-state index in [0.717, 1.165) is 13.0 Å². The first-order chi connectivity index (χ1) is 6.56. The minimum absolute atomic E-state index is 0.726. The molecule has 0 spiro atoms. The molecule has 0 atom stereocenters. The van der Waals surface area contributed by atoms with Gasteiger partial charge in [-0.1, -0.05) is 12.2 Å². The fraction of sp³-hybridized carbons (Fsp3) is 0.300. The van der Waals surface area contributed by atoms with Gasteiger partial charge in [0.05, 0.1) is 0 Å². The van der Waals surface area contributed by atoms with Crippen LogP contribution >= 0.6 is 0 Å². The summed E-state index contributed by atoms with van der Waals surface area (Å²) < 4.78 is 0. The molecule has 0 aromatic carbocycles. The number of allylic oxidation sites excluding steroid dienone is 1. The summed E-state index contributed by atoms with van der Waals surface area (Å²) in [5.74, 6) is 0. The first-order valence-corrected chi connectivity index (χ1v) is 3.99. The van der Waals surface area contributed by atoms with Crippen LogP contribution in [0.25, 0.3) is 0 Å². The van der Waals surface area contributed by atoms with E-state index in [4.69, 9.17) is 10.5 Å². The Balaban J connectivity index is -0.0000000505. The van der Waals surface area contributed by atoms with Gasteiger partial charge in [-0.3, -0.25) is 0 Å². The molecule has 84 valence electrons. The summed E-state index contributed by atoms with van der Waals surface area (Å²) >= 11 is 0. The number of carbonyl (C=O) groups excluding carboxylic acids is 1. The van der Waals surface area contributed by atoms with Gasteiger partial charge in [-0.2, -0.15) is 0 Å². The maximum absolute atomic E-state index is 9.00. The molecule has 0 aliphatic carbocycles. The molecule has 14 heavy (non-hydrogen) atoms. The van der Waals surface area contributed by atoms with Gasteiger partial charge in [0.25, 0.3) is 0 Å². The summed E-state index contributed by atoms with van der Waals surface area (Å²) in [5, 5.41) is 0. The zero-order chi connectivity index (χ0) is 12.4. The summed E-state index contributed by atoms with van der Waals surface area (Å²) in [7, 11) is 0. The van der Waals surface area contributed by atoms with Gasteiger partial charge >= 0.3 is 6.03 Å². The largest absolute Gasteiger partial charge is 0.352 e. The second kappa shape index (κ2) is 42.1. The predicted molar refractivity (Wildman–Crippen MR) is 64.8 cm³/mol. The van der Waals surface area contributed by atoms with Crippen molar-refractivity contribution < 1.29 is 4.79 Å². The van der Waals surface area contributed by atoms with Crippen molar-refractivity contribution in [3.8, 4) is 0 Å². The highest BCUT2D eigenvalue weighted by atomic mass is 16.2. The second-order valence-electron chi connectivity index (χ2n) is 1.68. The van der Waals surface area contributed by atoms with Gasteiger partial charge < -0.3 is 17.2 Å². The standard InChI is InChI=1S/C4H9N.C3H6.C2H4.CH4N2O/c1-2-3-4-5;1-3-2;1-2;2-1(3)4/h2H,1,3-5H2;3H,1H2,2H3;1-2H2;(H4,2,3,4). The lowest BCUT2D eigenvalue weighted by molar-refractivity contribution is 0.256. The molecule has 6 N–H and O–H groups in total. The smallest absolute Gasteiger partial charge is 0.309 e. The molecule has 0 aliphatic heterocycles. The molecular formula is C10H23N3O. The van der Waals surface area contributed by atoms with Gasteiger partial charge in [-0.05, 0) is 19.9 Å². The number of urea groups is 1. The number of hydrogen-bond donors (Lipinski definition) is 3. The summed E-state index contributed by atoms with van der Waals surface area (Å²) in [6.07, 6.45) is 4.49. The number of primary amides is 2. The van der Waals surface area contributed by atoms with Crippen molar-refractivity contribution in [3.63, 3.8) is 0 Å². The summed E-state index contributed by atoms with van der Waals surface area (Å²) in [6, 6.07) is -0.833. The Morgan fingerprint density at radius 2 is 1.50 bits per heavy atom. The zero-order valence-electron chi connectivity index (χ0n) is 9.04. The van der Waals surface area contributed by atoms with Crippen molar-refractivity contribution in [2.24, 2.45) is 17.2 Å². The molecule has 0 aliphatic rings. The van der Waals surface area contributed by atoms with Crippen LogP contribution < -0.4 is 17.2 Å². The Morgan fingerprint density at radius 1 is 1.29 bits per heavy atom. The molecule has 2 amide bonds. The van der Waals surface area contributed by atoms with Crippen LogP contribution in [0.3, 0.4) is 0 Å². The van der Waals surface area contributed by atoms with Crippen LogP contribution in [0, 0.1) is 0 Å².